The maximum atomic E-state index is 13.3. The summed E-state index contributed by atoms with van der Waals surface area (Å²) in [4.78, 5) is 54.5. The molecule has 0 aromatic heterocycles. The van der Waals surface area contributed by atoms with E-state index in [9.17, 15) is 23.6 Å². The molecule has 0 unspecified atom stereocenters. The number of nitrogens with zero attached hydrogens (tertiary/aromatic N) is 2. The summed E-state index contributed by atoms with van der Waals surface area (Å²) in [5.74, 6) is -2.47. The summed E-state index contributed by atoms with van der Waals surface area (Å²) in [6.07, 6.45) is -0.211. The second-order valence-corrected chi connectivity index (χ2v) is 10.5. The largest absolute Gasteiger partial charge is 0.480 e. The van der Waals surface area contributed by atoms with Gasteiger partial charge in [-0.15, -0.1) is 0 Å². The van der Waals surface area contributed by atoms with Crippen LogP contribution in [0.3, 0.4) is 0 Å². The molecule has 4 rings (SSSR count). The molecule has 2 aromatic rings. The fourth-order valence-corrected chi connectivity index (χ4v) is 5.00. The molecule has 13 heteroatoms. The Balaban J connectivity index is 1.44. The fraction of sp³-hybridized carbons (Fsp3) is 0.429. The number of carbonyl (C=O) groups is 4. The number of benzene rings is 2. The molecule has 0 bridgehead atoms. The number of piperazine rings is 1. The first-order chi connectivity index (χ1) is 19.5. The van der Waals surface area contributed by atoms with Crippen molar-refractivity contribution < 1.29 is 37.8 Å². The summed E-state index contributed by atoms with van der Waals surface area (Å²) in [6.45, 7) is 5.30. The van der Waals surface area contributed by atoms with Crippen molar-refractivity contribution in [3.05, 3.63) is 58.9 Å². The molecule has 41 heavy (non-hydrogen) atoms. The lowest BCUT2D eigenvalue weighted by Gasteiger charge is -2.44. The minimum Gasteiger partial charge on any atom is -0.480 e. The minimum absolute atomic E-state index is 0.0342. The molecule has 2 heterocycles. The van der Waals surface area contributed by atoms with Crippen LogP contribution < -0.4 is 20.1 Å². The van der Waals surface area contributed by atoms with E-state index < -0.39 is 23.4 Å². The first-order valence-electron chi connectivity index (χ1n) is 13.1. The molecule has 2 aliphatic rings. The minimum atomic E-state index is -2.14. The monoisotopic (exact) mass is 590 g/mol. The fourth-order valence-electron chi connectivity index (χ4n) is 4.84. The molecule has 2 saturated heterocycles. The Morgan fingerprint density at radius 3 is 2.37 bits per heavy atom. The summed E-state index contributed by atoms with van der Waals surface area (Å²) in [5.41, 5.74) is -1.15. The van der Waals surface area contributed by atoms with Crippen LogP contribution in [0.15, 0.2) is 42.5 Å². The van der Waals surface area contributed by atoms with Crippen molar-refractivity contribution in [3.8, 4) is 11.5 Å². The number of nitrogens with one attached hydrogen (secondary N) is 2. The van der Waals surface area contributed by atoms with Gasteiger partial charge in [-0.1, -0.05) is 23.7 Å². The molecule has 2 fully saturated rings. The number of hydrogen-bond acceptors (Lipinski definition) is 8. The molecule has 220 valence electrons. The van der Waals surface area contributed by atoms with Gasteiger partial charge in [-0.2, -0.15) is 0 Å². The summed E-state index contributed by atoms with van der Waals surface area (Å²) in [5, 5.41) is 4.31. The van der Waals surface area contributed by atoms with Gasteiger partial charge in [-0.05, 0) is 43.7 Å². The molecular formula is C28H32ClFN4O7. The van der Waals surface area contributed by atoms with Gasteiger partial charge in [0.2, 0.25) is 0 Å². The Bertz CT molecular complexity index is 1290. The highest BCUT2D eigenvalue weighted by Crippen LogP contribution is 2.35. The average molecular weight is 591 g/mol. The third-order valence-electron chi connectivity index (χ3n) is 7.12. The van der Waals surface area contributed by atoms with Gasteiger partial charge in [0.05, 0.1) is 6.61 Å². The normalized spacial score (nSPS) is 20.8. The van der Waals surface area contributed by atoms with Crippen LogP contribution >= 0.6 is 11.6 Å². The van der Waals surface area contributed by atoms with E-state index in [4.69, 9.17) is 25.8 Å². The Hall–Kier alpha value is -3.74. The van der Waals surface area contributed by atoms with Crippen LogP contribution in [-0.2, 0) is 25.7 Å². The topological polar surface area (TPSA) is 127 Å². The Morgan fingerprint density at radius 2 is 1.71 bits per heavy atom. The van der Waals surface area contributed by atoms with E-state index in [0.29, 0.717) is 19.6 Å². The van der Waals surface area contributed by atoms with E-state index in [0.717, 1.165) is 5.56 Å². The van der Waals surface area contributed by atoms with E-state index >= 15 is 0 Å². The van der Waals surface area contributed by atoms with Crippen LogP contribution in [0.5, 0.6) is 11.5 Å². The van der Waals surface area contributed by atoms with Crippen LogP contribution in [0.1, 0.15) is 25.8 Å². The number of amides is 5. The maximum absolute atomic E-state index is 13.3. The molecule has 11 nitrogen and oxygen atoms in total. The van der Waals surface area contributed by atoms with Gasteiger partial charge < -0.3 is 19.1 Å². The molecule has 2 atom stereocenters. The molecule has 0 radical (unpaired) electrons. The van der Waals surface area contributed by atoms with Gasteiger partial charge in [0.1, 0.15) is 5.82 Å². The number of carbonyl (C=O) groups excluding carboxylic acids is 4. The van der Waals surface area contributed by atoms with Crippen molar-refractivity contribution in [2.45, 2.75) is 44.5 Å². The van der Waals surface area contributed by atoms with Crippen molar-refractivity contribution in [3.63, 3.8) is 0 Å². The molecule has 2 N–H and O–H groups in total. The van der Waals surface area contributed by atoms with Crippen molar-refractivity contribution in [2.75, 3.05) is 33.4 Å². The highest BCUT2D eigenvalue weighted by molar-refractivity contribution is 6.30. The zero-order valence-corrected chi connectivity index (χ0v) is 23.7. The first kappa shape index (κ1) is 30.2. The number of barbiturate groups is 1. The summed E-state index contributed by atoms with van der Waals surface area (Å²) < 4.78 is 30.1. The molecule has 2 aliphatic heterocycles. The lowest BCUT2D eigenvalue weighted by Crippen LogP contribution is -2.69. The molecule has 0 spiro atoms. The number of methoxy groups -OCH3 is 1. The SMILES string of the molecule is COCCC1(Oc2cc(Cl)ccc2OCC(=O)N2C[C@H](C)N(Cc3ccc(F)cc3)C[C@H]2C)C(=O)NC(=O)NC1=O. The Labute approximate surface area is 241 Å². The number of halogens is 2. The van der Waals surface area contributed by atoms with Gasteiger partial charge >= 0.3 is 6.03 Å². The van der Waals surface area contributed by atoms with Crippen molar-refractivity contribution in [2.24, 2.45) is 0 Å². The quantitative estimate of drug-likeness (QED) is 0.404. The maximum Gasteiger partial charge on any atom is 0.328 e. The number of imide groups is 2. The molecular weight excluding hydrogens is 559 g/mol. The Morgan fingerprint density at radius 1 is 1.02 bits per heavy atom. The van der Waals surface area contributed by atoms with Gasteiger partial charge in [0.15, 0.2) is 18.1 Å². The van der Waals surface area contributed by atoms with Crippen molar-refractivity contribution >= 4 is 35.4 Å². The summed E-state index contributed by atoms with van der Waals surface area (Å²) in [6, 6.07) is 9.66. The first-order valence-corrected chi connectivity index (χ1v) is 13.5. The molecule has 5 amide bonds. The van der Waals surface area contributed by atoms with Crippen LogP contribution in [0.25, 0.3) is 0 Å². The Kier molecular flexibility index (Phi) is 9.46. The van der Waals surface area contributed by atoms with Gasteiger partial charge in [0.25, 0.3) is 23.3 Å². The van der Waals surface area contributed by atoms with E-state index in [1.807, 2.05) is 24.5 Å². The zero-order chi connectivity index (χ0) is 29.7. The lowest BCUT2D eigenvalue weighted by molar-refractivity contribution is -0.153. The highest BCUT2D eigenvalue weighted by Gasteiger charge is 2.53. The third-order valence-corrected chi connectivity index (χ3v) is 7.36. The second-order valence-electron chi connectivity index (χ2n) is 10.1. The van der Waals surface area contributed by atoms with E-state index in [1.165, 1.54) is 37.4 Å². The highest BCUT2D eigenvalue weighted by atomic mass is 35.5. The van der Waals surface area contributed by atoms with Crippen LogP contribution in [0, 0.1) is 5.82 Å². The summed E-state index contributed by atoms with van der Waals surface area (Å²) >= 11 is 6.17. The number of rotatable bonds is 10. The molecule has 2 aromatic carbocycles. The number of urea groups is 1. The number of ether oxygens (including phenoxy) is 3. The predicted octanol–water partition coefficient (Wildman–Crippen LogP) is 2.50. The van der Waals surface area contributed by atoms with Gasteiger partial charge in [-0.25, -0.2) is 9.18 Å². The lowest BCUT2D eigenvalue weighted by atomic mass is 9.95. The van der Waals surface area contributed by atoms with Crippen LogP contribution in [0.4, 0.5) is 9.18 Å². The van der Waals surface area contributed by atoms with Gasteiger partial charge in [-0.3, -0.25) is 29.9 Å². The summed E-state index contributed by atoms with van der Waals surface area (Å²) in [7, 11) is 1.39. The van der Waals surface area contributed by atoms with Gasteiger partial charge in [0, 0.05) is 56.3 Å². The van der Waals surface area contributed by atoms with Crippen LogP contribution in [0.2, 0.25) is 5.02 Å². The average Bonchev–Trinajstić information content (AvgIpc) is 2.92. The number of hydrogen-bond donors (Lipinski definition) is 2. The molecule has 0 aliphatic carbocycles. The van der Waals surface area contributed by atoms with E-state index in [1.54, 1.807) is 17.0 Å². The predicted molar refractivity (Wildman–Crippen MR) is 146 cm³/mol. The van der Waals surface area contributed by atoms with Crippen LogP contribution in [-0.4, -0.2) is 84.7 Å². The smallest absolute Gasteiger partial charge is 0.328 e. The standard InChI is InChI=1S/C28H32ClFN4O7/c1-17-14-34(18(2)13-33(17)15-19-4-7-21(30)8-5-19)24(35)16-40-22-9-6-20(29)12-23(22)41-28(10-11-39-3)25(36)31-27(38)32-26(28)37/h4-9,12,17-18H,10-11,13-16H2,1-3H3,(H2,31,32,36,37,38)/t17-,18+/m0/s1. The zero-order valence-electron chi connectivity index (χ0n) is 22.9. The van der Waals surface area contributed by atoms with E-state index in [2.05, 4.69) is 4.90 Å². The van der Waals surface area contributed by atoms with Crippen molar-refractivity contribution in [1.82, 2.24) is 20.4 Å². The second kappa shape index (κ2) is 12.8. The molecule has 0 saturated carbocycles. The third kappa shape index (κ3) is 6.95. The van der Waals surface area contributed by atoms with Crippen molar-refractivity contribution in [1.29, 1.82) is 0 Å². The van der Waals surface area contributed by atoms with E-state index in [-0.39, 0.29) is 60.0 Å².